The third-order valence-electron chi connectivity index (χ3n) is 5.81. The van der Waals surface area contributed by atoms with Gasteiger partial charge in [-0.25, -0.2) is 0 Å². The fraction of sp³-hybridized carbons (Fsp3) is 0.571. The summed E-state index contributed by atoms with van der Waals surface area (Å²) in [5.74, 6) is -0.548. The van der Waals surface area contributed by atoms with Crippen LogP contribution in [0.25, 0.3) is 0 Å². The van der Waals surface area contributed by atoms with Gasteiger partial charge in [0.15, 0.2) is 5.25 Å². The van der Waals surface area contributed by atoms with Gasteiger partial charge in [0, 0.05) is 24.0 Å². The maximum atomic E-state index is 13.2. The van der Waals surface area contributed by atoms with Crippen molar-refractivity contribution in [2.45, 2.75) is 61.1 Å². The van der Waals surface area contributed by atoms with E-state index >= 15 is 0 Å². The van der Waals surface area contributed by atoms with Crippen molar-refractivity contribution in [3.63, 3.8) is 0 Å². The van der Waals surface area contributed by atoms with Gasteiger partial charge in [0.1, 0.15) is 6.54 Å². The Morgan fingerprint density at radius 1 is 1.04 bits per heavy atom. The molecular weight excluding hydrogens is 374 g/mol. The van der Waals surface area contributed by atoms with E-state index in [2.05, 4.69) is 5.32 Å². The van der Waals surface area contributed by atoms with E-state index in [1.54, 1.807) is 4.90 Å². The quantitative estimate of drug-likeness (QED) is 0.788. The lowest BCUT2D eigenvalue weighted by Crippen LogP contribution is -2.52. The molecule has 0 aromatic heterocycles. The number of anilines is 1. The van der Waals surface area contributed by atoms with Crippen molar-refractivity contribution in [3.05, 3.63) is 24.3 Å². The molecule has 1 aromatic carbocycles. The number of thioether (sulfide) groups is 1. The van der Waals surface area contributed by atoms with E-state index in [4.69, 9.17) is 0 Å². The van der Waals surface area contributed by atoms with E-state index in [1.165, 1.54) is 23.1 Å². The average molecular weight is 402 g/mol. The first-order valence-electron chi connectivity index (χ1n) is 10.3. The molecular formula is C21H27N3O3S. The van der Waals surface area contributed by atoms with Crippen molar-refractivity contribution >= 4 is 35.2 Å². The minimum Gasteiger partial charge on any atom is -0.352 e. The third kappa shape index (κ3) is 4.04. The summed E-state index contributed by atoms with van der Waals surface area (Å²) < 4.78 is 0. The lowest BCUT2D eigenvalue weighted by molar-refractivity contribution is -0.134. The van der Waals surface area contributed by atoms with Crippen LogP contribution in [0.1, 0.15) is 44.9 Å². The predicted octanol–water partition coefficient (Wildman–Crippen LogP) is 2.57. The molecule has 4 rings (SSSR count). The number of amides is 3. The number of nitrogens with zero attached hydrogens (tertiary/aromatic N) is 2. The summed E-state index contributed by atoms with van der Waals surface area (Å²) in [5.41, 5.74) is 0.724. The lowest BCUT2D eigenvalue weighted by atomic mass is 9.95. The Kier molecular flexibility index (Phi) is 5.90. The number of rotatable bonds is 4. The second kappa shape index (κ2) is 8.55. The monoisotopic (exact) mass is 401 g/mol. The topological polar surface area (TPSA) is 69.7 Å². The Morgan fingerprint density at radius 3 is 2.50 bits per heavy atom. The summed E-state index contributed by atoms with van der Waals surface area (Å²) in [4.78, 5) is 42.9. The second-order valence-electron chi connectivity index (χ2n) is 7.82. The molecule has 0 unspecified atom stereocenters. The highest BCUT2D eigenvalue weighted by Gasteiger charge is 2.41. The van der Waals surface area contributed by atoms with E-state index < -0.39 is 5.25 Å². The zero-order valence-corrected chi connectivity index (χ0v) is 16.9. The third-order valence-corrected chi connectivity index (χ3v) is 7.04. The van der Waals surface area contributed by atoms with Crippen molar-refractivity contribution in [1.82, 2.24) is 10.2 Å². The largest absolute Gasteiger partial charge is 0.352 e. The van der Waals surface area contributed by atoms with Crippen LogP contribution in [0.4, 0.5) is 5.69 Å². The molecule has 1 saturated heterocycles. The first kappa shape index (κ1) is 19.3. The number of nitrogens with one attached hydrogen (secondary N) is 1. The van der Waals surface area contributed by atoms with Crippen LogP contribution in [0.3, 0.4) is 0 Å². The molecule has 2 heterocycles. The summed E-state index contributed by atoms with van der Waals surface area (Å²) >= 11 is 1.31. The molecule has 3 amide bonds. The van der Waals surface area contributed by atoms with Crippen LogP contribution in [0.5, 0.6) is 0 Å². The average Bonchev–Trinajstić information content (AvgIpc) is 3.25. The Balaban J connectivity index is 1.51. The second-order valence-corrected chi connectivity index (χ2v) is 8.97. The molecule has 0 spiro atoms. The molecule has 3 aliphatic rings. The van der Waals surface area contributed by atoms with Crippen molar-refractivity contribution < 1.29 is 14.4 Å². The van der Waals surface area contributed by atoms with Gasteiger partial charge in [-0.15, -0.1) is 11.8 Å². The van der Waals surface area contributed by atoms with Crippen molar-refractivity contribution in [2.24, 2.45) is 0 Å². The van der Waals surface area contributed by atoms with Gasteiger partial charge in [-0.3, -0.25) is 14.4 Å². The number of carbonyl (C=O) groups excluding carboxylic acids is 3. The van der Waals surface area contributed by atoms with Crippen LogP contribution in [-0.2, 0) is 14.4 Å². The molecule has 2 aliphatic heterocycles. The molecule has 1 atom stereocenters. The number of likely N-dealkylation sites (tertiary alicyclic amines) is 1. The molecule has 1 aromatic rings. The number of benzene rings is 1. The molecule has 0 radical (unpaired) electrons. The fourth-order valence-electron chi connectivity index (χ4n) is 4.30. The number of hydrogen-bond donors (Lipinski definition) is 1. The summed E-state index contributed by atoms with van der Waals surface area (Å²) in [6.07, 6.45) is 7.48. The first-order chi connectivity index (χ1) is 13.6. The van der Waals surface area contributed by atoms with E-state index in [9.17, 15) is 14.4 Å². The van der Waals surface area contributed by atoms with Crippen LogP contribution < -0.4 is 10.2 Å². The smallest absolute Gasteiger partial charge is 0.250 e. The van der Waals surface area contributed by atoms with Gasteiger partial charge in [0.25, 0.3) is 5.91 Å². The van der Waals surface area contributed by atoms with Crippen molar-refractivity contribution in [3.8, 4) is 0 Å². The van der Waals surface area contributed by atoms with E-state index in [1.807, 2.05) is 24.3 Å². The molecule has 28 heavy (non-hydrogen) atoms. The minimum absolute atomic E-state index is 0.0311. The molecule has 150 valence electrons. The summed E-state index contributed by atoms with van der Waals surface area (Å²) in [6, 6.07) is 7.74. The van der Waals surface area contributed by atoms with Crippen LogP contribution in [0, 0.1) is 0 Å². The van der Waals surface area contributed by atoms with Gasteiger partial charge in [-0.05, 0) is 37.8 Å². The summed E-state index contributed by atoms with van der Waals surface area (Å²) in [6.45, 7) is 1.40. The van der Waals surface area contributed by atoms with Gasteiger partial charge >= 0.3 is 0 Å². The molecule has 1 saturated carbocycles. The van der Waals surface area contributed by atoms with Crippen LogP contribution >= 0.6 is 11.8 Å². The van der Waals surface area contributed by atoms with E-state index in [-0.39, 0.29) is 30.3 Å². The predicted molar refractivity (Wildman–Crippen MR) is 109 cm³/mol. The number of fused-ring (bicyclic) bond motifs is 1. The highest BCUT2D eigenvalue weighted by atomic mass is 32.2. The molecule has 6 nitrogen and oxygen atoms in total. The van der Waals surface area contributed by atoms with Gasteiger partial charge in [-0.1, -0.05) is 31.4 Å². The molecule has 0 bridgehead atoms. The van der Waals surface area contributed by atoms with Crippen molar-refractivity contribution in [2.75, 3.05) is 24.5 Å². The van der Waals surface area contributed by atoms with Crippen LogP contribution in [0.2, 0.25) is 0 Å². The zero-order valence-electron chi connectivity index (χ0n) is 16.1. The number of para-hydroxylation sites is 1. The fourth-order valence-corrected chi connectivity index (χ4v) is 5.49. The van der Waals surface area contributed by atoms with Gasteiger partial charge in [0.2, 0.25) is 11.8 Å². The van der Waals surface area contributed by atoms with Gasteiger partial charge in [-0.2, -0.15) is 0 Å². The lowest BCUT2D eigenvalue weighted by Gasteiger charge is -2.34. The Hall–Kier alpha value is -2.02. The highest BCUT2D eigenvalue weighted by Crippen LogP contribution is 2.40. The summed E-state index contributed by atoms with van der Waals surface area (Å²) in [5, 5.41) is 2.29. The van der Waals surface area contributed by atoms with E-state index in [0.717, 1.165) is 49.1 Å². The van der Waals surface area contributed by atoms with Crippen LogP contribution in [0.15, 0.2) is 29.2 Å². The van der Waals surface area contributed by atoms with Crippen molar-refractivity contribution in [1.29, 1.82) is 0 Å². The molecule has 1 aliphatic carbocycles. The van der Waals surface area contributed by atoms with Gasteiger partial charge in [0.05, 0.1) is 5.69 Å². The van der Waals surface area contributed by atoms with Gasteiger partial charge < -0.3 is 15.1 Å². The Labute approximate surface area is 170 Å². The SMILES string of the molecule is O=C(CN1C(=O)[C@@H](C(=O)N2CCCC2)Sc2ccccc21)NC1CCCCC1. The number of hydrogen-bond acceptors (Lipinski definition) is 4. The molecule has 1 N–H and O–H groups in total. The minimum atomic E-state index is -0.796. The number of carbonyl (C=O) groups is 3. The molecule has 2 fully saturated rings. The zero-order chi connectivity index (χ0) is 19.5. The van der Waals surface area contributed by atoms with E-state index in [0.29, 0.717) is 13.1 Å². The van der Waals surface area contributed by atoms with Crippen LogP contribution in [-0.4, -0.2) is 53.5 Å². The Morgan fingerprint density at radius 2 is 1.75 bits per heavy atom. The standard InChI is InChI=1S/C21H27N3O3S/c25-18(22-15-8-2-1-3-9-15)14-24-16-10-4-5-11-17(16)28-19(21(24)27)20(26)23-12-6-7-13-23/h4-5,10-11,15,19H,1-3,6-9,12-14H2,(H,22,25)/t19-/m1/s1. The normalized spacial score (nSPS) is 22.9. The highest BCUT2D eigenvalue weighted by molar-refractivity contribution is 8.01. The summed E-state index contributed by atoms with van der Waals surface area (Å²) in [7, 11) is 0. The molecule has 7 heteroatoms. The first-order valence-corrected chi connectivity index (χ1v) is 11.2. The Bertz CT molecular complexity index is 757. The maximum absolute atomic E-state index is 13.2. The maximum Gasteiger partial charge on any atom is 0.250 e.